The topological polar surface area (TPSA) is 108 Å². The zero-order valence-electron chi connectivity index (χ0n) is 49.9. The van der Waals surface area contributed by atoms with E-state index >= 15 is 0 Å². The van der Waals surface area contributed by atoms with Gasteiger partial charge in [-0.3, -0.25) is 9.36 Å². The van der Waals surface area contributed by atoms with Crippen LogP contribution in [0.1, 0.15) is 341 Å². The third-order valence-electron chi connectivity index (χ3n) is 15.3. The standard InChI is InChI=1S/C64H129N2O6P/c1-6-8-10-12-14-16-18-20-21-22-23-24-25-26-27-28-29-30-31-32-33-34-35-36-37-38-39-40-41-42-43-44-45-46-48-50-52-54-56-58-64(68)65-62(61-72-73(69,70)71-60-59-66(3,4)5)63(67)57-55-53-51-49-47-19-17-15-13-11-9-7-2/h32-33,62-63,67H,6-31,34-61H2,1-5H3,(H-,65,68,69,70)/b33-32-. The Bertz CT molecular complexity index is 1200. The van der Waals surface area contributed by atoms with Gasteiger partial charge in [0.15, 0.2) is 0 Å². The van der Waals surface area contributed by atoms with Gasteiger partial charge in [-0.15, -0.1) is 0 Å². The van der Waals surface area contributed by atoms with Crippen molar-refractivity contribution in [1.29, 1.82) is 0 Å². The quantitative estimate of drug-likeness (QED) is 0.0272. The van der Waals surface area contributed by atoms with Gasteiger partial charge in [0, 0.05) is 6.42 Å². The Morgan fingerprint density at radius 1 is 0.466 bits per heavy atom. The summed E-state index contributed by atoms with van der Waals surface area (Å²) in [5, 5.41) is 14.0. The number of carbonyl (C=O) groups excluding carboxylic acids is 1. The van der Waals surface area contributed by atoms with E-state index in [0.717, 1.165) is 38.5 Å². The largest absolute Gasteiger partial charge is 0.756 e. The van der Waals surface area contributed by atoms with Gasteiger partial charge >= 0.3 is 0 Å². The van der Waals surface area contributed by atoms with E-state index in [9.17, 15) is 19.4 Å². The van der Waals surface area contributed by atoms with E-state index < -0.39 is 20.0 Å². The number of unbranched alkanes of at least 4 members (excludes halogenated alkanes) is 46. The predicted octanol–water partition coefficient (Wildman–Crippen LogP) is 19.5. The van der Waals surface area contributed by atoms with Crippen LogP contribution in [0.2, 0.25) is 0 Å². The highest BCUT2D eigenvalue weighted by molar-refractivity contribution is 7.45. The molecule has 0 aromatic carbocycles. The van der Waals surface area contributed by atoms with E-state index in [1.807, 2.05) is 21.1 Å². The van der Waals surface area contributed by atoms with Gasteiger partial charge in [-0.2, -0.15) is 0 Å². The highest BCUT2D eigenvalue weighted by atomic mass is 31.2. The molecule has 0 aliphatic rings. The van der Waals surface area contributed by atoms with Crippen LogP contribution in [0.4, 0.5) is 0 Å². The predicted molar refractivity (Wildman–Crippen MR) is 316 cm³/mol. The number of phosphoric ester groups is 1. The molecule has 0 aromatic heterocycles. The van der Waals surface area contributed by atoms with Crippen LogP contribution >= 0.6 is 7.82 Å². The number of likely N-dealkylation sites (N-methyl/N-ethyl adjacent to an activating group) is 1. The molecule has 0 heterocycles. The average molecular weight is 1050 g/mol. The van der Waals surface area contributed by atoms with E-state index in [2.05, 4.69) is 31.3 Å². The number of hydrogen-bond acceptors (Lipinski definition) is 6. The highest BCUT2D eigenvalue weighted by Crippen LogP contribution is 2.38. The zero-order chi connectivity index (χ0) is 53.5. The Morgan fingerprint density at radius 2 is 0.753 bits per heavy atom. The molecule has 0 fully saturated rings. The molecule has 9 heteroatoms. The highest BCUT2D eigenvalue weighted by Gasteiger charge is 2.24. The normalized spacial score (nSPS) is 13.8. The Labute approximate surface area is 456 Å². The Kier molecular flexibility index (Phi) is 55.4. The third kappa shape index (κ3) is 58.8. The van der Waals surface area contributed by atoms with E-state index in [1.165, 1.54) is 276 Å². The van der Waals surface area contributed by atoms with Gasteiger partial charge in [0.2, 0.25) is 5.91 Å². The number of quaternary nitrogens is 1. The summed E-state index contributed by atoms with van der Waals surface area (Å²) < 4.78 is 23.4. The van der Waals surface area contributed by atoms with Crippen molar-refractivity contribution in [3.8, 4) is 0 Å². The van der Waals surface area contributed by atoms with Crippen LogP contribution in [-0.4, -0.2) is 68.5 Å². The number of aliphatic hydroxyl groups is 1. The fourth-order valence-corrected chi connectivity index (χ4v) is 10.9. The summed E-state index contributed by atoms with van der Waals surface area (Å²) in [7, 11) is 1.32. The number of rotatable bonds is 61. The molecule has 0 saturated heterocycles. The monoisotopic (exact) mass is 1050 g/mol. The summed E-state index contributed by atoms with van der Waals surface area (Å²) in [6.45, 7) is 4.76. The van der Waals surface area contributed by atoms with Crippen LogP contribution in [0.15, 0.2) is 12.2 Å². The first kappa shape index (κ1) is 72.2. The molecule has 0 saturated carbocycles. The first-order chi connectivity index (χ1) is 35.5. The number of nitrogens with one attached hydrogen (secondary N) is 1. The molecule has 0 rings (SSSR count). The first-order valence-electron chi connectivity index (χ1n) is 32.5. The van der Waals surface area contributed by atoms with Gasteiger partial charge in [0.25, 0.3) is 7.82 Å². The minimum Gasteiger partial charge on any atom is -0.756 e. The first-order valence-corrected chi connectivity index (χ1v) is 34.0. The van der Waals surface area contributed by atoms with Gasteiger partial charge in [-0.05, 0) is 38.5 Å². The second kappa shape index (κ2) is 56.0. The molecule has 0 spiro atoms. The lowest BCUT2D eigenvalue weighted by Gasteiger charge is -2.30. The van der Waals surface area contributed by atoms with Crippen molar-refractivity contribution in [2.24, 2.45) is 0 Å². The van der Waals surface area contributed by atoms with Crippen molar-refractivity contribution in [3.63, 3.8) is 0 Å². The van der Waals surface area contributed by atoms with Crippen molar-refractivity contribution in [2.45, 2.75) is 353 Å². The molecular weight excluding hydrogens is 924 g/mol. The van der Waals surface area contributed by atoms with Crippen LogP contribution in [0.5, 0.6) is 0 Å². The summed E-state index contributed by atoms with van der Waals surface area (Å²) in [6, 6.07) is -0.796. The van der Waals surface area contributed by atoms with Crippen molar-refractivity contribution in [2.75, 3.05) is 40.9 Å². The number of carbonyl (C=O) groups is 1. The van der Waals surface area contributed by atoms with Gasteiger partial charge < -0.3 is 28.8 Å². The number of nitrogens with zero attached hydrogens (tertiary/aromatic N) is 1. The van der Waals surface area contributed by atoms with Crippen LogP contribution in [-0.2, 0) is 18.4 Å². The summed E-state index contributed by atoms with van der Waals surface area (Å²) in [6.07, 6.45) is 70.2. The number of phosphoric acid groups is 1. The SMILES string of the molecule is CCCCCCCCCCCCCCCCCCCC/C=C\CCCCCCCCCCCCCCCCCCCC(=O)NC(COP(=O)([O-])OCC[N+](C)(C)C)C(O)CCCCCCCCCCCCCC. The molecule has 3 unspecified atom stereocenters. The molecule has 1 amide bonds. The second-order valence-corrected chi connectivity index (χ2v) is 25.2. The van der Waals surface area contributed by atoms with E-state index in [-0.39, 0.29) is 19.1 Å². The minimum atomic E-state index is -4.57. The molecule has 0 radical (unpaired) electrons. The van der Waals surface area contributed by atoms with Gasteiger partial charge in [-0.25, -0.2) is 0 Å². The molecule has 3 atom stereocenters. The van der Waals surface area contributed by atoms with E-state index in [0.29, 0.717) is 23.9 Å². The van der Waals surface area contributed by atoms with Crippen molar-refractivity contribution < 1.29 is 32.9 Å². The number of hydrogen-bond donors (Lipinski definition) is 2. The third-order valence-corrected chi connectivity index (χ3v) is 16.2. The van der Waals surface area contributed by atoms with Crippen LogP contribution < -0.4 is 10.2 Å². The smallest absolute Gasteiger partial charge is 0.268 e. The fourth-order valence-electron chi connectivity index (χ4n) is 10.2. The number of allylic oxidation sites excluding steroid dienone is 2. The maximum atomic E-state index is 13.0. The summed E-state index contributed by atoms with van der Waals surface area (Å²) in [5.41, 5.74) is 0. The number of aliphatic hydroxyl groups excluding tert-OH is 1. The minimum absolute atomic E-state index is 0.0151. The van der Waals surface area contributed by atoms with Crippen molar-refractivity contribution in [3.05, 3.63) is 12.2 Å². The fraction of sp³-hybridized carbons (Fsp3) is 0.953. The molecule has 0 aliphatic carbocycles. The average Bonchev–Trinajstić information content (AvgIpc) is 3.35. The maximum absolute atomic E-state index is 13.0. The Hall–Kier alpha value is -0.760. The van der Waals surface area contributed by atoms with E-state index in [1.54, 1.807) is 0 Å². The molecule has 0 aliphatic heterocycles. The van der Waals surface area contributed by atoms with Crippen LogP contribution in [0.3, 0.4) is 0 Å². The number of amides is 1. The molecule has 436 valence electrons. The summed E-state index contributed by atoms with van der Waals surface area (Å²) in [5.74, 6) is -0.159. The van der Waals surface area contributed by atoms with Crippen molar-refractivity contribution in [1.82, 2.24) is 5.32 Å². The van der Waals surface area contributed by atoms with Gasteiger partial charge in [0.1, 0.15) is 13.2 Å². The molecule has 73 heavy (non-hydrogen) atoms. The van der Waals surface area contributed by atoms with Gasteiger partial charge in [-0.1, -0.05) is 309 Å². The Morgan fingerprint density at radius 3 is 1.07 bits per heavy atom. The second-order valence-electron chi connectivity index (χ2n) is 23.8. The van der Waals surface area contributed by atoms with Crippen LogP contribution in [0, 0.1) is 0 Å². The lowest BCUT2D eigenvalue weighted by atomic mass is 10.0. The van der Waals surface area contributed by atoms with E-state index in [4.69, 9.17) is 9.05 Å². The maximum Gasteiger partial charge on any atom is 0.268 e. The molecule has 0 bridgehead atoms. The summed E-state index contributed by atoms with van der Waals surface area (Å²) >= 11 is 0. The molecule has 2 N–H and O–H groups in total. The molecule has 0 aromatic rings. The zero-order valence-corrected chi connectivity index (χ0v) is 50.8. The Balaban J connectivity index is 3.81. The lowest BCUT2D eigenvalue weighted by molar-refractivity contribution is -0.870. The molecular formula is C64H129N2O6P. The lowest BCUT2D eigenvalue weighted by Crippen LogP contribution is -2.46. The molecule has 8 nitrogen and oxygen atoms in total. The van der Waals surface area contributed by atoms with Crippen molar-refractivity contribution >= 4 is 13.7 Å². The van der Waals surface area contributed by atoms with Gasteiger partial charge in [0.05, 0.1) is 39.9 Å². The van der Waals surface area contributed by atoms with Crippen LogP contribution in [0.25, 0.3) is 0 Å². The summed E-state index contributed by atoms with van der Waals surface area (Å²) in [4.78, 5) is 25.5.